The fourth-order valence-electron chi connectivity index (χ4n) is 3.97. The lowest BCUT2D eigenvalue weighted by Crippen LogP contribution is -2.28. The molecule has 0 atom stereocenters. The molecule has 0 aliphatic carbocycles. The van der Waals surface area contributed by atoms with Crippen LogP contribution in [0.4, 0.5) is 11.4 Å². The number of hydrogen-bond donors (Lipinski definition) is 2. The quantitative estimate of drug-likeness (QED) is 0.706. The highest BCUT2D eigenvalue weighted by Gasteiger charge is 2.21. The number of carboxylic acid groups (broad SMARTS) is 1. The van der Waals surface area contributed by atoms with Crippen LogP contribution in [-0.4, -0.2) is 32.6 Å². The van der Waals surface area contributed by atoms with Crippen LogP contribution in [0.15, 0.2) is 35.2 Å². The first-order chi connectivity index (χ1) is 14.2. The van der Waals surface area contributed by atoms with Crippen LogP contribution >= 0.6 is 0 Å². The Morgan fingerprint density at radius 1 is 0.900 bits per heavy atom. The van der Waals surface area contributed by atoms with E-state index in [-0.39, 0.29) is 16.1 Å². The summed E-state index contributed by atoms with van der Waals surface area (Å²) in [5.41, 5.74) is 3.58. The molecule has 2 N–H and O–H groups in total. The lowest BCUT2D eigenvalue weighted by molar-refractivity contribution is 0.0697. The molecule has 30 heavy (non-hydrogen) atoms. The van der Waals surface area contributed by atoms with Crippen molar-refractivity contribution in [2.45, 2.75) is 57.8 Å². The van der Waals surface area contributed by atoms with Gasteiger partial charge in [0.25, 0.3) is 10.0 Å². The third-order valence-electron chi connectivity index (χ3n) is 5.76. The Balaban J connectivity index is 1.92. The molecule has 0 aromatic heterocycles. The Hall–Kier alpha value is -2.54. The predicted molar refractivity (Wildman–Crippen MR) is 120 cm³/mol. The second kappa shape index (κ2) is 9.08. The third-order valence-corrected chi connectivity index (χ3v) is 7.28. The van der Waals surface area contributed by atoms with Gasteiger partial charge in [-0.3, -0.25) is 4.72 Å². The van der Waals surface area contributed by atoms with Crippen LogP contribution in [0.1, 0.15) is 59.2 Å². The molecular formula is C23H30N2O4S. The average Bonchev–Trinajstić information content (AvgIpc) is 2.64. The van der Waals surface area contributed by atoms with Crippen molar-refractivity contribution in [1.82, 2.24) is 0 Å². The molecule has 0 unspecified atom stereocenters. The summed E-state index contributed by atoms with van der Waals surface area (Å²) in [4.78, 5) is 14.2. The van der Waals surface area contributed by atoms with Gasteiger partial charge in [-0.2, -0.15) is 0 Å². The lowest BCUT2D eigenvalue weighted by atomic mass is 10.1. The number of hydrogen-bond acceptors (Lipinski definition) is 4. The van der Waals surface area contributed by atoms with Crippen molar-refractivity contribution >= 4 is 27.4 Å². The van der Waals surface area contributed by atoms with Crippen molar-refractivity contribution in [1.29, 1.82) is 0 Å². The highest BCUT2D eigenvalue weighted by atomic mass is 32.2. The SMILES string of the molecule is Cc1cc(C)c(S(=O)(=O)Nc2ccc(N3CCCCCCC3)c(C(=O)O)c2)cc1C. The minimum Gasteiger partial charge on any atom is -0.478 e. The molecule has 1 fully saturated rings. The van der Waals surface area contributed by atoms with Gasteiger partial charge in [0.05, 0.1) is 16.1 Å². The minimum atomic E-state index is -3.83. The van der Waals surface area contributed by atoms with Crippen molar-refractivity contribution < 1.29 is 18.3 Å². The number of nitrogens with zero attached hydrogens (tertiary/aromatic N) is 1. The monoisotopic (exact) mass is 430 g/mol. The van der Waals surface area contributed by atoms with E-state index in [9.17, 15) is 18.3 Å². The molecule has 2 aromatic rings. The van der Waals surface area contributed by atoms with E-state index in [1.54, 1.807) is 25.1 Å². The number of sulfonamides is 1. The molecule has 0 bridgehead atoms. The molecule has 2 aromatic carbocycles. The number of benzene rings is 2. The van der Waals surface area contributed by atoms with Gasteiger partial charge in [0.15, 0.2) is 0 Å². The van der Waals surface area contributed by atoms with E-state index in [2.05, 4.69) is 9.62 Å². The summed E-state index contributed by atoms with van der Waals surface area (Å²) in [6, 6.07) is 8.28. The molecule has 3 rings (SSSR count). The van der Waals surface area contributed by atoms with Gasteiger partial charge in [0, 0.05) is 18.8 Å². The van der Waals surface area contributed by atoms with Crippen LogP contribution in [-0.2, 0) is 10.0 Å². The third kappa shape index (κ3) is 4.95. The topological polar surface area (TPSA) is 86.7 Å². The van der Waals surface area contributed by atoms with Crippen LogP contribution in [0.3, 0.4) is 0 Å². The molecule has 0 amide bonds. The Morgan fingerprint density at radius 2 is 1.50 bits per heavy atom. The second-order valence-corrected chi connectivity index (χ2v) is 9.75. The van der Waals surface area contributed by atoms with Gasteiger partial charge in [-0.15, -0.1) is 0 Å². The summed E-state index contributed by atoms with van der Waals surface area (Å²) in [5, 5.41) is 9.77. The van der Waals surface area contributed by atoms with E-state index in [1.807, 2.05) is 19.9 Å². The highest BCUT2D eigenvalue weighted by molar-refractivity contribution is 7.92. The summed E-state index contributed by atoms with van der Waals surface area (Å²) >= 11 is 0. The van der Waals surface area contributed by atoms with E-state index in [4.69, 9.17) is 0 Å². The van der Waals surface area contributed by atoms with Crippen molar-refractivity contribution in [3.8, 4) is 0 Å². The first-order valence-corrected chi connectivity index (χ1v) is 11.9. The molecule has 0 saturated carbocycles. The Bertz CT molecular complexity index is 1040. The van der Waals surface area contributed by atoms with Crippen LogP contribution in [0.2, 0.25) is 0 Å². The Morgan fingerprint density at radius 3 is 2.13 bits per heavy atom. The smallest absolute Gasteiger partial charge is 0.337 e. The van der Waals surface area contributed by atoms with Crippen LogP contribution in [0.5, 0.6) is 0 Å². The fraction of sp³-hybridized carbons (Fsp3) is 0.435. The zero-order chi connectivity index (χ0) is 21.9. The van der Waals surface area contributed by atoms with Gasteiger partial charge in [0.1, 0.15) is 0 Å². The maximum absolute atomic E-state index is 13.0. The van der Waals surface area contributed by atoms with E-state index < -0.39 is 16.0 Å². The van der Waals surface area contributed by atoms with Crippen molar-refractivity contribution in [2.24, 2.45) is 0 Å². The van der Waals surface area contributed by atoms with Gasteiger partial charge in [-0.1, -0.05) is 25.3 Å². The van der Waals surface area contributed by atoms with Crippen LogP contribution < -0.4 is 9.62 Å². The van der Waals surface area contributed by atoms with Crippen LogP contribution in [0.25, 0.3) is 0 Å². The van der Waals surface area contributed by atoms with E-state index in [0.717, 1.165) is 49.9 Å². The van der Waals surface area contributed by atoms with Crippen molar-refractivity contribution in [3.63, 3.8) is 0 Å². The van der Waals surface area contributed by atoms with Crippen LogP contribution in [0, 0.1) is 20.8 Å². The number of carboxylic acids is 1. The maximum Gasteiger partial charge on any atom is 0.337 e. The number of aryl methyl sites for hydroxylation is 3. The maximum atomic E-state index is 13.0. The number of rotatable bonds is 5. The number of anilines is 2. The molecule has 1 saturated heterocycles. The minimum absolute atomic E-state index is 0.118. The Kier molecular flexibility index (Phi) is 6.71. The van der Waals surface area contributed by atoms with Gasteiger partial charge in [-0.05, 0) is 74.6 Å². The largest absolute Gasteiger partial charge is 0.478 e. The standard InChI is InChI=1S/C23H30N2O4S/c1-16-13-18(3)22(14-17(16)2)30(28,29)24-19-9-10-21(20(15-19)23(26)27)25-11-7-5-4-6-8-12-25/h9-10,13-15,24H,4-8,11-12H2,1-3H3,(H,26,27). The molecule has 162 valence electrons. The summed E-state index contributed by atoms with van der Waals surface area (Å²) < 4.78 is 28.5. The molecule has 7 heteroatoms. The van der Waals surface area contributed by atoms with E-state index in [1.165, 1.54) is 12.5 Å². The molecule has 6 nitrogen and oxygen atoms in total. The lowest BCUT2D eigenvalue weighted by Gasteiger charge is -2.28. The summed E-state index contributed by atoms with van der Waals surface area (Å²) in [7, 11) is -3.83. The average molecular weight is 431 g/mol. The van der Waals surface area contributed by atoms with E-state index in [0.29, 0.717) is 11.3 Å². The molecule has 1 aliphatic rings. The Labute approximate surface area is 179 Å². The zero-order valence-corrected chi connectivity index (χ0v) is 18.7. The molecule has 1 aliphatic heterocycles. The highest BCUT2D eigenvalue weighted by Crippen LogP contribution is 2.29. The van der Waals surface area contributed by atoms with Gasteiger partial charge < -0.3 is 10.0 Å². The fourth-order valence-corrected chi connectivity index (χ4v) is 5.33. The molecule has 1 heterocycles. The first kappa shape index (κ1) is 22.2. The molecule has 0 spiro atoms. The second-order valence-electron chi connectivity index (χ2n) is 8.10. The van der Waals surface area contributed by atoms with Crippen molar-refractivity contribution in [2.75, 3.05) is 22.7 Å². The zero-order valence-electron chi connectivity index (χ0n) is 17.9. The summed E-state index contributed by atoms with van der Waals surface area (Å²) in [5.74, 6) is -1.06. The van der Waals surface area contributed by atoms with Gasteiger partial charge >= 0.3 is 5.97 Å². The summed E-state index contributed by atoms with van der Waals surface area (Å²) in [6.07, 6.45) is 5.56. The van der Waals surface area contributed by atoms with E-state index >= 15 is 0 Å². The number of carbonyl (C=O) groups is 1. The number of aromatic carboxylic acids is 1. The summed E-state index contributed by atoms with van der Waals surface area (Å²) in [6.45, 7) is 7.19. The molecular weight excluding hydrogens is 400 g/mol. The predicted octanol–water partition coefficient (Wildman–Crippen LogP) is 4.88. The first-order valence-electron chi connectivity index (χ1n) is 10.4. The number of nitrogens with one attached hydrogen (secondary N) is 1. The van der Waals surface area contributed by atoms with Gasteiger partial charge in [-0.25, -0.2) is 13.2 Å². The van der Waals surface area contributed by atoms with Crippen molar-refractivity contribution in [3.05, 3.63) is 52.6 Å². The normalized spacial score (nSPS) is 15.4. The molecule has 0 radical (unpaired) electrons. The van der Waals surface area contributed by atoms with Gasteiger partial charge in [0.2, 0.25) is 0 Å².